The molecule has 2 aromatic heterocycles. The fraction of sp³-hybridized carbons (Fsp3) is 0.143. The lowest BCUT2D eigenvalue weighted by atomic mass is 10.1. The Balaban J connectivity index is 1.81. The Hall–Kier alpha value is -2.85. The summed E-state index contributed by atoms with van der Waals surface area (Å²) in [6, 6.07) is 15.7. The van der Waals surface area contributed by atoms with Gasteiger partial charge in [-0.2, -0.15) is 0 Å². The van der Waals surface area contributed by atoms with Gasteiger partial charge in [0.25, 0.3) is 5.56 Å². The Bertz CT molecular complexity index is 1140. The van der Waals surface area contributed by atoms with Gasteiger partial charge in [0.2, 0.25) is 0 Å². The summed E-state index contributed by atoms with van der Waals surface area (Å²) in [5.41, 5.74) is 5.46. The Morgan fingerprint density at radius 3 is 2.42 bits per heavy atom. The van der Waals surface area contributed by atoms with Crippen LogP contribution in [0.4, 0.5) is 0 Å². The van der Waals surface area contributed by atoms with Crippen LogP contribution in [0.15, 0.2) is 65.8 Å². The van der Waals surface area contributed by atoms with E-state index in [1.807, 2.05) is 73.3 Å². The third-order valence-corrected chi connectivity index (χ3v) is 4.83. The Morgan fingerprint density at radius 1 is 1.04 bits per heavy atom. The molecule has 0 amide bonds. The highest BCUT2D eigenvalue weighted by molar-refractivity contribution is 6.30. The molecule has 0 unspecified atom stereocenters. The van der Waals surface area contributed by atoms with Crippen molar-refractivity contribution < 1.29 is 0 Å². The topological polar surface area (TPSA) is 39.8 Å². The number of hydrogen-bond donors (Lipinski definition) is 0. The predicted octanol–water partition coefficient (Wildman–Crippen LogP) is 4.41. The molecule has 0 atom stereocenters. The summed E-state index contributed by atoms with van der Waals surface area (Å²) >= 11 is 5.98. The average molecular weight is 364 g/mol. The molecule has 5 heteroatoms. The van der Waals surface area contributed by atoms with E-state index >= 15 is 0 Å². The van der Waals surface area contributed by atoms with E-state index in [1.54, 1.807) is 10.9 Å². The normalized spacial score (nSPS) is 11.2. The molecule has 4 aromatic rings. The molecular formula is C21H18ClN3O. The van der Waals surface area contributed by atoms with Gasteiger partial charge in [0.05, 0.1) is 12.9 Å². The predicted molar refractivity (Wildman–Crippen MR) is 106 cm³/mol. The number of aromatic nitrogens is 3. The van der Waals surface area contributed by atoms with Gasteiger partial charge in [-0.05, 0) is 30.2 Å². The van der Waals surface area contributed by atoms with Gasteiger partial charge in [-0.3, -0.25) is 9.36 Å². The molecule has 0 radical (unpaired) electrons. The van der Waals surface area contributed by atoms with Crippen molar-refractivity contribution in [3.05, 3.63) is 87.6 Å². The number of aryl methyl sites for hydroxylation is 2. The molecule has 2 heterocycles. The van der Waals surface area contributed by atoms with Crippen molar-refractivity contribution in [2.45, 2.75) is 13.5 Å². The van der Waals surface area contributed by atoms with E-state index < -0.39 is 0 Å². The summed E-state index contributed by atoms with van der Waals surface area (Å²) in [4.78, 5) is 17.6. The Kier molecular flexibility index (Phi) is 4.13. The highest BCUT2D eigenvalue weighted by atomic mass is 35.5. The summed E-state index contributed by atoms with van der Waals surface area (Å²) in [7, 11) is 1.88. The number of halogens is 1. The molecule has 0 N–H and O–H groups in total. The summed E-state index contributed by atoms with van der Waals surface area (Å²) in [5, 5.41) is 0.683. The van der Waals surface area contributed by atoms with Crippen molar-refractivity contribution in [2.24, 2.45) is 7.05 Å². The summed E-state index contributed by atoms with van der Waals surface area (Å²) in [6.07, 6.45) is 3.57. The van der Waals surface area contributed by atoms with Crippen LogP contribution in [-0.2, 0) is 13.6 Å². The van der Waals surface area contributed by atoms with Crippen molar-refractivity contribution in [1.82, 2.24) is 14.1 Å². The number of rotatable bonds is 3. The van der Waals surface area contributed by atoms with E-state index in [0.29, 0.717) is 22.6 Å². The maximum atomic E-state index is 13.0. The zero-order valence-corrected chi connectivity index (χ0v) is 15.4. The van der Waals surface area contributed by atoms with Crippen molar-refractivity contribution in [2.75, 3.05) is 0 Å². The lowest BCUT2D eigenvalue weighted by molar-refractivity contribution is 0.741. The van der Waals surface area contributed by atoms with Crippen LogP contribution >= 0.6 is 11.6 Å². The second-order valence-corrected chi connectivity index (χ2v) is 6.96. The standard InChI is InChI=1S/C21H18ClN3O/c1-14-3-5-15(6-4-14)11-25-13-23-19-18(12-24(2)20(19)21(25)26)16-7-9-17(22)10-8-16/h3-10,12-13H,11H2,1-2H3. The monoisotopic (exact) mass is 363 g/mol. The number of hydrogen-bond acceptors (Lipinski definition) is 2. The highest BCUT2D eigenvalue weighted by Crippen LogP contribution is 2.28. The van der Waals surface area contributed by atoms with Crippen LogP contribution in [0.3, 0.4) is 0 Å². The van der Waals surface area contributed by atoms with E-state index in [4.69, 9.17) is 11.6 Å². The average Bonchev–Trinajstić information content (AvgIpc) is 2.97. The molecule has 0 aliphatic heterocycles. The smallest absolute Gasteiger partial charge is 0.278 e. The van der Waals surface area contributed by atoms with Crippen molar-refractivity contribution in [3.63, 3.8) is 0 Å². The Labute approximate surface area is 156 Å². The van der Waals surface area contributed by atoms with Gasteiger partial charge in [0, 0.05) is 23.8 Å². The molecule has 4 nitrogen and oxygen atoms in total. The Morgan fingerprint density at radius 2 is 1.73 bits per heavy atom. The van der Waals surface area contributed by atoms with Crippen molar-refractivity contribution in [1.29, 1.82) is 0 Å². The molecule has 0 saturated carbocycles. The maximum absolute atomic E-state index is 13.0. The second-order valence-electron chi connectivity index (χ2n) is 6.52. The number of fused-ring (bicyclic) bond motifs is 1. The molecule has 0 aliphatic carbocycles. The molecule has 0 saturated heterocycles. The first-order valence-corrected chi connectivity index (χ1v) is 8.76. The van der Waals surface area contributed by atoms with E-state index in [0.717, 1.165) is 16.7 Å². The number of nitrogens with zero attached hydrogens (tertiary/aromatic N) is 3. The van der Waals surface area contributed by atoms with Gasteiger partial charge < -0.3 is 4.57 Å². The lowest BCUT2D eigenvalue weighted by Crippen LogP contribution is -2.22. The van der Waals surface area contributed by atoms with Gasteiger partial charge in [-0.1, -0.05) is 53.6 Å². The third kappa shape index (κ3) is 2.93. The van der Waals surface area contributed by atoms with Gasteiger partial charge >= 0.3 is 0 Å². The first-order valence-electron chi connectivity index (χ1n) is 8.39. The van der Waals surface area contributed by atoms with Crippen molar-refractivity contribution in [3.8, 4) is 11.1 Å². The van der Waals surface area contributed by atoms with Crippen LogP contribution in [0, 0.1) is 6.92 Å². The lowest BCUT2D eigenvalue weighted by Gasteiger charge is -2.07. The molecule has 0 bridgehead atoms. The van der Waals surface area contributed by atoms with Crippen LogP contribution in [0.1, 0.15) is 11.1 Å². The molecule has 0 fully saturated rings. The van der Waals surface area contributed by atoms with Crippen molar-refractivity contribution >= 4 is 22.6 Å². The fourth-order valence-electron chi connectivity index (χ4n) is 3.16. The van der Waals surface area contributed by atoms with E-state index in [9.17, 15) is 4.79 Å². The molecular weight excluding hydrogens is 346 g/mol. The minimum absolute atomic E-state index is 0.0433. The van der Waals surface area contributed by atoms with E-state index in [1.165, 1.54) is 5.56 Å². The van der Waals surface area contributed by atoms with Gasteiger partial charge in [-0.25, -0.2) is 4.98 Å². The third-order valence-electron chi connectivity index (χ3n) is 4.57. The minimum atomic E-state index is -0.0433. The summed E-state index contributed by atoms with van der Waals surface area (Å²) < 4.78 is 3.50. The molecule has 0 spiro atoms. The van der Waals surface area contributed by atoms with Crippen LogP contribution in [-0.4, -0.2) is 14.1 Å². The number of benzene rings is 2. The van der Waals surface area contributed by atoms with E-state index in [2.05, 4.69) is 4.98 Å². The van der Waals surface area contributed by atoms with Gasteiger partial charge in [0.15, 0.2) is 0 Å². The molecule has 0 aliphatic rings. The first kappa shape index (κ1) is 16.6. The molecule has 130 valence electrons. The fourth-order valence-corrected chi connectivity index (χ4v) is 3.28. The van der Waals surface area contributed by atoms with Crippen LogP contribution in [0.5, 0.6) is 0 Å². The summed E-state index contributed by atoms with van der Waals surface area (Å²) in [6.45, 7) is 2.55. The van der Waals surface area contributed by atoms with E-state index in [-0.39, 0.29) is 5.56 Å². The first-order chi connectivity index (χ1) is 12.5. The highest BCUT2D eigenvalue weighted by Gasteiger charge is 2.14. The largest absolute Gasteiger partial charge is 0.344 e. The zero-order valence-electron chi connectivity index (χ0n) is 14.6. The maximum Gasteiger partial charge on any atom is 0.278 e. The zero-order chi connectivity index (χ0) is 18.3. The van der Waals surface area contributed by atoms with Crippen LogP contribution in [0.2, 0.25) is 5.02 Å². The molecule has 26 heavy (non-hydrogen) atoms. The minimum Gasteiger partial charge on any atom is -0.344 e. The van der Waals surface area contributed by atoms with Crippen LogP contribution in [0.25, 0.3) is 22.2 Å². The van der Waals surface area contributed by atoms with Gasteiger partial charge in [-0.15, -0.1) is 0 Å². The summed E-state index contributed by atoms with van der Waals surface area (Å²) in [5.74, 6) is 0. The van der Waals surface area contributed by atoms with Crippen LogP contribution < -0.4 is 5.56 Å². The SMILES string of the molecule is Cc1ccc(Cn2cnc3c(-c4ccc(Cl)cc4)cn(C)c3c2=O)cc1. The molecule has 4 rings (SSSR count). The molecule has 2 aromatic carbocycles. The quantitative estimate of drug-likeness (QED) is 0.540. The van der Waals surface area contributed by atoms with Gasteiger partial charge in [0.1, 0.15) is 11.0 Å². The second kappa shape index (κ2) is 6.46.